The van der Waals surface area contributed by atoms with Gasteiger partial charge in [0.15, 0.2) is 0 Å². The van der Waals surface area contributed by atoms with E-state index in [1.807, 2.05) is 46.9 Å². The maximum Gasteiger partial charge on any atom is 0.0990 e. The molecule has 0 aliphatic rings. The van der Waals surface area contributed by atoms with Crippen molar-refractivity contribution in [3.05, 3.63) is 0 Å². The highest BCUT2D eigenvalue weighted by molar-refractivity contribution is 6.25. The van der Waals surface area contributed by atoms with E-state index >= 15 is 0 Å². The van der Waals surface area contributed by atoms with Gasteiger partial charge in [-0.15, -0.1) is 24.4 Å². The van der Waals surface area contributed by atoms with Crippen molar-refractivity contribution in [3.8, 4) is 24.7 Å². The number of hydrogen-bond donors (Lipinski definition) is 1. The fourth-order valence-corrected chi connectivity index (χ4v) is 0.129. The minimum atomic E-state index is -0.458. The van der Waals surface area contributed by atoms with Gasteiger partial charge >= 0.3 is 0 Å². The number of rotatable bonds is 1. The lowest BCUT2D eigenvalue weighted by Gasteiger charge is -2.25. The largest absolute Gasteiger partial charge is 0.323 e. The lowest BCUT2D eigenvalue weighted by atomic mass is 10.1. The van der Waals surface area contributed by atoms with Crippen LogP contribution in [0.5, 0.6) is 0 Å². The Hall–Kier alpha value is -0.670. The van der Waals surface area contributed by atoms with Crippen LogP contribution in [-0.4, -0.2) is 43.5 Å². The Labute approximate surface area is 113 Å². The normalized spacial score (nSPS) is 10.1. The van der Waals surface area contributed by atoms with Gasteiger partial charge in [-0.2, -0.15) is 0 Å². The smallest absolute Gasteiger partial charge is 0.0990 e. The van der Waals surface area contributed by atoms with E-state index in [0.29, 0.717) is 0 Å². The molecule has 0 aromatic rings. The summed E-state index contributed by atoms with van der Waals surface area (Å²) >= 11 is 5.48. The van der Waals surface area contributed by atoms with Crippen LogP contribution in [0.2, 0.25) is 0 Å². The fraction of sp³-hybridized carbons (Fsp3) is 0.714. The van der Waals surface area contributed by atoms with Crippen LogP contribution in [-0.2, 0) is 0 Å². The average Bonchev–Trinajstić information content (AvgIpc) is 2.18. The van der Waals surface area contributed by atoms with E-state index in [1.165, 1.54) is 0 Å². The SMILES string of the molecule is C#CC(C)(C)Cl.C#CC(C)(C)N(C)C.CNC. The highest BCUT2D eigenvalue weighted by Crippen LogP contribution is 2.08. The summed E-state index contributed by atoms with van der Waals surface area (Å²) in [6.07, 6.45) is 10.1. The van der Waals surface area contributed by atoms with E-state index in [0.717, 1.165) is 0 Å². The van der Waals surface area contributed by atoms with E-state index < -0.39 is 4.87 Å². The van der Waals surface area contributed by atoms with Crippen molar-refractivity contribution in [2.75, 3.05) is 28.2 Å². The Kier molecular flexibility index (Phi) is 13.3. The molecule has 0 fully saturated rings. The number of halogens is 1. The zero-order valence-electron chi connectivity index (χ0n) is 12.5. The first-order valence-electron chi connectivity index (χ1n) is 5.38. The molecule has 0 saturated heterocycles. The van der Waals surface area contributed by atoms with Gasteiger partial charge in [0, 0.05) is 0 Å². The van der Waals surface area contributed by atoms with Crippen molar-refractivity contribution >= 4 is 11.6 Å². The fourth-order valence-electron chi connectivity index (χ4n) is 0.129. The molecule has 0 aliphatic heterocycles. The van der Waals surface area contributed by atoms with Crippen LogP contribution in [0.25, 0.3) is 0 Å². The maximum atomic E-state index is 5.48. The van der Waals surface area contributed by atoms with E-state index in [1.54, 1.807) is 13.8 Å². The molecular weight excluding hydrogens is 232 g/mol. The number of nitrogens with one attached hydrogen (secondary N) is 1. The van der Waals surface area contributed by atoms with Crippen molar-refractivity contribution < 1.29 is 0 Å². The molecule has 0 heterocycles. The van der Waals surface area contributed by atoms with Gasteiger partial charge in [-0.1, -0.05) is 11.8 Å². The van der Waals surface area contributed by atoms with Gasteiger partial charge < -0.3 is 5.32 Å². The summed E-state index contributed by atoms with van der Waals surface area (Å²) in [5, 5.41) is 2.75. The number of nitrogens with zero attached hydrogens (tertiary/aromatic N) is 1. The molecule has 2 nitrogen and oxygen atoms in total. The molecule has 100 valence electrons. The lowest BCUT2D eigenvalue weighted by molar-refractivity contribution is 0.264. The number of alkyl halides is 1. The van der Waals surface area contributed by atoms with Crippen molar-refractivity contribution in [2.24, 2.45) is 0 Å². The second-order valence-corrected chi connectivity index (χ2v) is 5.66. The van der Waals surface area contributed by atoms with Crippen LogP contribution in [0.1, 0.15) is 27.7 Å². The third-order valence-electron chi connectivity index (χ3n) is 1.81. The molecule has 17 heavy (non-hydrogen) atoms. The van der Waals surface area contributed by atoms with E-state index in [4.69, 9.17) is 24.4 Å². The monoisotopic (exact) mass is 258 g/mol. The zero-order valence-corrected chi connectivity index (χ0v) is 13.2. The van der Waals surface area contributed by atoms with Crippen LogP contribution >= 0.6 is 11.6 Å². The molecule has 0 unspecified atom stereocenters. The van der Waals surface area contributed by atoms with Gasteiger partial charge in [-0.25, -0.2) is 0 Å². The summed E-state index contributed by atoms with van der Waals surface area (Å²) in [4.78, 5) is 1.55. The summed E-state index contributed by atoms with van der Waals surface area (Å²) in [7, 11) is 7.69. The van der Waals surface area contributed by atoms with Crippen LogP contribution in [0.4, 0.5) is 0 Å². The van der Waals surface area contributed by atoms with Gasteiger partial charge in [0.2, 0.25) is 0 Å². The Balaban J connectivity index is -0.000000193. The standard InChI is InChI=1S/C7H13N.C5H7Cl.C2H7N/c1-6-7(2,3)8(4)5;1-4-5(2,3)6;1-3-2/h1H,2-5H3;1H,2-3H3;3H,1-2H3. The zero-order chi connectivity index (χ0) is 14.7. The Morgan fingerprint density at radius 1 is 1.00 bits per heavy atom. The first kappa shape index (κ1) is 21.6. The molecule has 0 atom stereocenters. The third kappa shape index (κ3) is 21.2. The third-order valence-corrected chi connectivity index (χ3v) is 1.92. The average molecular weight is 259 g/mol. The van der Waals surface area contributed by atoms with Crippen molar-refractivity contribution in [3.63, 3.8) is 0 Å². The van der Waals surface area contributed by atoms with Gasteiger partial charge in [0.1, 0.15) is 0 Å². The summed E-state index contributed by atoms with van der Waals surface area (Å²) in [5.41, 5.74) is -0.0972. The summed E-state index contributed by atoms with van der Waals surface area (Å²) in [6.45, 7) is 7.56. The van der Waals surface area contributed by atoms with E-state index in [9.17, 15) is 0 Å². The van der Waals surface area contributed by atoms with Crippen molar-refractivity contribution in [2.45, 2.75) is 38.1 Å². The maximum absolute atomic E-state index is 5.48. The Morgan fingerprint density at radius 2 is 1.24 bits per heavy atom. The second-order valence-electron chi connectivity index (χ2n) is 4.71. The highest BCUT2D eigenvalue weighted by atomic mass is 35.5. The molecule has 0 aromatic heterocycles. The van der Waals surface area contributed by atoms with Gasteiger partial charge in [0.05, 0.1) is 10.4 Å². The number of hydrogen-bond acceptors (Lipinski definition) is 2. The Bertz CT molecular complexity index is 249. The molecule has 0 saturated carbocycles. The first-order chi connectivity index (χ1) is 7.48. The molecule has 0 amide bonds. The topological polar surface area (TPSA) is 15.3 Å². The van der Waals surface area contributed by atoms with Crippen LogP contribution in [0, 0.1) is 24.7 Å². The highest BCUT2D eigenvalue weighted by Gasteiger charge is 2.14. The van der Waals surface area contributed by atoms with Gasteiger partial charge in [-0.3, -0.25) is 4.90 Å². The first-order valence-corrected chi connectivity index (χ1v) is 5.76. The molecule has 0 bridgehead atoms. The summed E-state index contributed by atoms with van der Waals surface area (Å²) in [6, 6.07) is 0. The van der Waals surface area contributed by atoms with Crippen LogP contribution < -0.4 is 5.32 Å². The van der Waals surface area contributed by atoms with Crippen molar-refractivity contribution in [1.29, 1.82) is 0 Å². The van der Waals surface area contributed by atoms with Crippen molar-refractivity contribution in [1.82, 2.24) is 10.2 Å². The quantitative estimate of drug-likeness (QED) is 0.574. The van der Waals surface area contributed by atoms with Gasteiger partial charge in [-0.05, 0) is 55.9 Å². The molecule has 0 spiro atoms. The predicted molar refractivity (Wildman–Crippen MR) is 80.3 cm³/mol. The van der Waals surface area contributed by atoms with Crippen LogP contribution in [0.15, 0.2) is 0 Å². The Morgan fingerprint density at radius 3 is 1.24 bits per heavy atom. The molecule has 1 N–H and O–H groups in total. The molecular formula is C14H27ClN2. The second kappa shape index (κ2) is 10.5. The summed E-state index contributed by atoms with van der Waals surface area (Å²) in [5.74, 6) is 5.04. The van der Waals surface area contributed by atoms with Crippen LogP contribution in [0.3, 0.4) is 0 Å². The lowest BCUT2D eigenvalue weighted by Crippen LogP contribution is -2.36. The van der Waals surface area contributed by atoms with Gasteiger partial charge in [0.25, 0.3) is 0 Å². The molecule has 3 heteroatoms. The number of terminal acetylenes is 2. The predicted octanol–water partition coefficient (Wildman–Crippen LogP) is 2.43. The molecule has 0 radical (unpaired) electrons. The van der Waals surface area contributed by atoms with E-state index in [-0.39, 0.29) is 5.54 Å². The molecule has 0 aliphatic carbocycles. The summed E-state index contributed by atoms with van der Waals surface area (Å²) < 4.78 is 0. The minimum absolute atomic E-state index is 0.0972. The molecule has 0 aromatic carbocycles. The minimum Gasteiger partial charge on any atom is -0.323 e. The van der Waals surface area contributed by atoms with E-state index in [2.05, 4.69) is 17.2 Å². The molecule has 0 rings (SSSR count).